The fourth-order valence-corrected chi connectivity index (χ4v) is 3.00. The van der Waals surface area contributed by atoms with Gasteiger partial charge in [0.1, 0.15) is 5.82 Å². The van der Waals surface area contributed by atoms with Crippen LogP contribution in [0.15, 0.2) is 12.1 Å². The largest absolute Gasteiger partial charge is 0.369 e. The summed E-state index contributed by atoms with van der Waals surface area (Å²) in [5.74, 6) is 0.462. The molecule has 0 unspecified atom stereocenters. The van der Waals surface area contributed by atoms with Crippen molar-refractivity contribution in [2.45, 2.75) is 18.8 Å². The van der Waals surface area contributed by atoms with E-state index in [1.807, 2.05) is 31.1 Å². The number of nitrogens with one attached hydrogen (secondary N) is 1. The van der Waals surface area contributed by atoms with Crippen molar-refractivity contribution in [3.63, 3.8) is 0 Å². The molecule has 2 heterocycles. The van der Waals surface area contributed by atoms with Gasteiger partial charge in [-0.05, 0) is 31.5 Å². The van der Waals surface area contributed by atoms with Crippen LogP contribution in [0.25, 0.3) is 0 Å². The second kappa shape index (κ2) is 7.41. The van der Waals surface area contributed by atoms with Crippen LogP contribution in [-0.4, -0.2) is 62.5 Å². The number of likely N-dealkylation sites (tertiary alicyclic amines) is 1. The number of anilines is 1. The second-order valence-corrected chi connectivity index (χ2v) is 6.12. The molecular formula is C16H25N5O2. The van der Waals surface area contributed by atoms with E-state index in [1.54, 1.807) is 7.05 Å². The third-order valence-corrected chi connectivity index (χ3v) is 4.10. The number of hydrogen-bond acceptors (Lipinski definition) is 5. The van der Waals surface area contributed by atoms with Gasteiger partial charge in [-0.3, -0.25) is 14.5 Å². The maximum Gasteiger partial charge on any atom is 0.254 e. The first-order chi connectivity index (χ1) is 10.9. The first-order valence-electron chi connectivity index (χ1n) is 7.83. The topological polar surface area (TPSA) is 91.6 Å². The highest BCUT2D eigenvalue weighted by Crippen LogP contribution is 2.28. The van der Waals surface area contributed by atoms with Crippen LogP contribution in [0.3, 0.4) is 0 Å². The van der Waals surface area contributed by atoms with Gasteiger partial charge < -0.3 is 16.0 Å². The Morgan fingerprint density at radius 2 is 2.17 bits per heavy atom. The molecule has 7 nitrogen and oxygen atoms in total. The molecule has 1 aromatic rings. The molecule has 2 rings (SSSR count). The molecule has 23 heavy (non-hydrogen) atoms. The van der Waals surface area contributed by atoms with E-state index in [-0.39, 0.29) is 24.3 Å². The zero-order valence-corrected chi connectivity index (χ0v) is 14.0. The summed E-state index contributed by atoms with van der Waals surface area (Å²) in [4.78, 5) is 31.7. The lowest BCUT2D eigenvalue weighted by molar-refractivity contribution is -0.119. The van der Waals surface area contributed by atoms with Gasteiger partial charge in [0.05, 0.1) is 12.1 Å². The Bertz CT molecular complexity index is 588. The molecule has 0 bridgehead atoms. The van der Waals surface area contributed by atoms with Gasteiger partial charge in [0.2, 0.25) is 5.91 Å². The Morgan fingerprint density at radius 1 is 1.43 bits per heavy atom. The Morgan fingerprint density at radius 3 is 2.78 bits per heavy atom. The molecular weight excluding hydrogens is 294 g/mol. The van der Waals surface area contributed by atoms with Crippen LogP contribution in [0.4, 0.5) is 5.82 Å². The van der Waals surface area contributed by atoms with Crippen LogP contribution in [0, 0.1) is 0 Å². The molecule has 0 aliphatic carbocycles. The number of piperidine rings is 1. The predicted octanol–water partition coefficient (Wildman–Crippen LogP) is 0.172. The summed E-state index contributed by atoms with van der Waals surface area (Å²) >= 11 is 0. The van der Waals surface area contributed by atoms with Crippen molar-refractivity contribution in [3.8, 4) is 0 Å². The number of carbonyl (C=O) groups is 2. The first-order valence-corrected chi connectivity index (χ1v) is 7.83. The third kappa shape index (κ3) is 4.19. The second-order valence-electron chi connectivity index (χ2n) is 6.12. The van der Waals surface area contributed by atoms with E-state index in [2.05, 4.69) is 10.2 Å². The maximum atomic E-state index is 12.0. The highest BCUT2D eigenvalue weighted by Gasteiger charge is 2.24. The molecule has 0 radical (unpaired) electrons. The number of aromatic nitrogens is 1. The summed E-state index contributed by atoms with van der Waals surface area (Å²) in [5, 5.41) is 2.64. The van der Waals surface area contributed by atoms with E-state index in [4.69, 9.17) is 10.7 Å². The molecule has 1 fully saturated rings. The van der Waals surface area contributed by atoms with E-state index in [0.717, 1.165) is 31.6 Å². The number of hydrogen-bond donors (Lipinski definition) is 2. The van der Waals surface area contributed by atoms with E-state index >= 15 is 0 Å². The van der Waals surface area contributed by atoms with Gasteiger partial charge in [0.15, 0.2) is 0 Å². The van der Waals surface area contributed by atoms with Gasteiger partial charge in [0, 0.05) is 39.3 Å². The zero-order valence-electron chi connectivity index (χ0n) is 14.0. The molecule has 1 aromatic heterocycles. The van der Waals surface area contributed by atoms with Gasteiger partial charge >= 0.3 is 0 Å². The molecule has 1 aliphatic heterocycles. The molecule has 3 N–H and O–H groups in total. The zero-order chi connectivity index (χ0) is 17.0. The van der Waals surface area contributed by atoms with E-state index < -0.39 is 0 Å². The number of nitrogens with two attached hydrogens (primary N) is 1. The summed E-state index contributed by atoms with van der Waals surface area (Å²) in [6.07, 6.45) is 2.03. The van der Waals surface area contributed by atoms with Crippen molar-refractivity contribution in [2.75, 3.05) is 45.7 Å². The Balaban J connectivity index is 2.24. The standard InChI is InChI=1S/C16H25N5O2/c1-18-16(23)12-6-7-13(19-15(12)20(2)3)11-5-4-8-21(9-11)10-14(17)22/h6-7,11H,4-5,8-10H2,1-3H3,(H2,17,22)(H,18,23)/t11-/m1/s1. The third-order valence-electron chi connectivity index (χ3n) is 4.10. The van der Waals surface area contributed by atoms with Crippen LogP contribution in [0.5, 0.6) is 0 Å². The minimum absolute atomic E-state index is 0.147. The summed E-state index contributed by atoms with van der Waals surface area (Å²) in [7, 11) is 5.36. The van der Waals surface area contributed by atoms with Crippen molar-refractivity contribution in [1.82, 2.24) is 15.2 Å². The number of rotatable bonds is 5. The van der Waals surface area contributed by atoms with Crippen LogP contribution < -0.4 is 16.0 Å². The maximum absolute atomic E-state index is 12.0. The quantitative estimate of drug-likeness (QED) is 0.807. The SMILES string of the molecule is CNC(=O)c1ccc([C@@H]2CCCN(CC(N)=O)C2)nc1N(C)C. The Hall–Kier alpha value is -2.15. The van der Waals surface area contributed by atoms with Crippen LogP contribution in [0.1, 0.15) is 34.8 Å². The van der Waals surface area contributed by atoms with Crippen molar-refractivity contribution in [1.29, 1.82) is 0 Å². The van der Waals surface area contributed by atoms with Crippen LogP contribution in [0.2, 0.25) is 0 Å². The first kappa shape index (κ1) is 17.2. The fraction of sp³-hybridized carbons (Fsp3) is 0.562. The average Bonchev–Trinajstić information content (AvgIpc) is 2.53. The van der Waals surface area contributed by atoms with Crippen molar-refractivity contribution < 1.29 is 9.59 Å². The number of carbonyl (C=O) groups excluding carboxylic acids is 2. The predicted molar refractivity (Wildman–Crippen MR) is 89.6 cm³/mol. The smallest absolute Gasteiger partial charge is 0.254 e. The number of nitrogens with zero attached hydrogens (tertiary/aromatic N) is 3. The number of primary amides is 1. The minimum Gasteiger partial charge on any atom is -0.369 e. The molecule has 1 aliphatic rings. The minimum atomic E-state index is -0.303. The fourth-order valence-electron chi connectivity index (χ4n) is 3.00. The lowest BCUT2D eigenvalue weighted by Gasteiger charge is -2.32. The molecule has 0 spiro atoms. The number of amides is 2. The average molecular weight is 319 g/mol. The molecule has 1 atom stereocenters. The van der Waals surface area contributed by atoms with Crippen molar-refractivity contribution in [2.24, 2.45) is 5.73 Å². The lowest BCUT2D eigenvalue weighted by atomic mass is 9.93. The number of pyridine rings is 1. The normalized spacial score (nSPS) is 18.5. The lowest BCUT2D eigenvalue weighted by Crippen LogP contribution is -2.40. The van der Waals surface area contributed by atoms with Gasteiger partial charge in [-0.2, -0.15) is 0 Å². The molecule has 126 valence electrons. The summed E-state index contributed by atoms with van der Waals surface area (Å²) < 4.78 is 0. The van der Waals surface area contributed by atoms with E-state index in [9.17, 15) is 9.59 Å². The summed E-state index contributed by atoms with van der Waals surface area (Å²) in [5.41, 5.74) is 6.81. The van der Waals surface area contributed by atoms with Gasteiger partial charge in [-0.25, -0.2) is 4.98 Å². The monoisotopic (exact) mass is 319 g/mol. The summed E-state index contributed by atoms with van der Waals surface area (Å²) in [6.45, 7) is 1.94. The molecule has 2 amide bonds. The van der Waals surface area contributed by atoms with Crippen LogP contribution >= 0.6 is 0 Å². The Kier molecular flexibility index (Phi) is 5.54. The van der Waals surface area contributed by atoms with E-state index in [1.165, 1.54) is 0 Å². The van der Waals surface area contributed by atoms with Gasteiger partial charge in [-0.1, -0.05) is 0 Å². The highest BCUT2D eigenvalue weighted by molar-refractivity contribution is 5.98. The molecule has 0 saturated carbocycles. The molecule has 7 heteroatoms. The summed E-state index contributed by atoms with van der Waals surface area (Å²) in [6, 6.07) is 3.74. The molecule has 1 saturated heterocycles. The highest BCUT2D eigenvalue weighted by atomic mass is 16.2. The van der Waals surface area contributed by atoms with Crippen molar-refractivity contribution >= 4 is 17.6 Å². The Labute approximate surface area is 136 Å². The van der Waals surface area contributed by atoms with Gasteiger partial charge in [-0.15, -0.1) is 0 Å². The van der Waals surface area contributed by atoms with E-state index in [0.29, 0.717) is 11.4 Å². The van der Waals surface area contributed by atoms with Crippen molar-refractivity contribution in [3.05, 3.63) is 23.4 Å². The van der Waals surface area contributed by atoms with Crippen LogP contribution in [-0.2, 0) is 4.79 Å². The molecule has 0 aromatic carbocycles. The van der Waals surface area contributed by atoms with Gasteiger partial charge in [0.25, 0.3) is 5.91 Å².